The molecule has 1 N–H and O–H groups in total. The Labute approximate surface area is 170 Å². The van der Waals surface area contributed by atoms with Crippen LogP contribution in [0.1, 0.15) is 30.5 Å². The maximum absolute atomic E-state index is 13.0. The zero-order valence-electron chi connectivity index (χ0n) is 16.9. The number of nitrogens with one attached hydrogen (secondary N) is 1. The summed E-state index contributed by atoms with van der Waals surface area (Å²) in [5.74, 6) is -0.718. The number of carbonyl (C=O) groups is 2. The molecule has 6 heteroatoms. The Bertz CT molecular complexity index is 851. The summed E-state index contributed by atoms with van der Waals surface area (Å²) in [5, 5.41) is 2.96. The molecule has 1 aliphatic rings. The minimum Gasteiger partial charge on any atom is -0.462 e. The molecule has 3 rings (SSSR count). The molecule has 2 aromatic carbocycles. The molecule has 0 saturated heterocycles. The number of ether oxygens (including phenoxy) is 1. The third-order valence-corrected chi connectivity index (χ3v) is 4.97. The van der Waals surface area contributed by atoms with Crippen molar-refractivity contribution < 1.29 is 18.7 Å². The summed E-state index contributed by atoms with van der Waals surface area (Å²) in [7, 11) is 0. The predicted molar refractivity (Wildman–Crippen MR) is 109 cm³/mol. The normalized spacial score (nSPS) is 16.3. The van der Waals surface area contributed by atoms with Crippen LogP contribution in [-0.2, 0) is 33.7 Å². The van der Waals surface area contributed by atoms with Crippen LogP contribution in [0, 0.1) is 5.82 Å². The number of halogens is 1. The van der Waals surface area contributed by atoms with Crippen LogP contribution in [0.5, 0.6) is 0 Å². The van der Waals surface area contributed by atoms with E-state index in [0.29, 0.717) is 25.9 Å². The van der Waals surface area contributed by atoms with E-state index in [1.165, 1.54) is 12.1 Å². The Morgan fingerprint density at radius 1 is 1.14 bits per heavy atom. The van der Waals surface area contributed by atoms with Crippen molar-refractivity contribution in [1.29, 1.82) is 0 Å². The smallest absolute Gasteiger partial charge is 0.320 e. The van der Waals surface area contributed by atoms with Gasteiger partial charge < -0.3 is 10.1 Å². The van der Waals surface area contributed by atoms with Crippen LogP contribution < -0.4 is 5.32 Å². The molecule has 1 atom stereocenters. The number of esters is 1. The number of hydrogen-bond acceptors (Lipinski definition) is 4. The summed E-state index contributed by atoms with van der Waals surface area (Å²) in [5.41, 5.74) is 3.21. The summed E-state index contributed by atoms with van der Waals surface area (Å²) >= 11 is 0. The number of amides is 1. The molecule has 2 aromatic rings. The number of fused-ring (bicyclic) bond motifs is 1. The van der Waals surface area contributed by atoms with E-state index < -0.39 is 6.04 Å². The highest BCUT2D eigenvalue weighted by atomic mass is 19.1. The highest BCUT2D eigenvalue weighted by molar-refractivity contribution is 5.83. The van der Waals surface area contributed by atoms with Gasteiger partial charge in [-0.2, -0.15) is 0 Å². The van der Waals surface area contributed by atoms with Gasteiger partial charge in [-0.1, -0.05) is 36.4 Å². The van der Waals surface area contributed by atoms with Gasteiger partial charge in [0, 0.05) is 13.1 Å². The molecular weight excluding hydrogens is 371 g/mol. The third kappa shape index (κ3) is 5.87. The van der Waals surface area contributed by atoms with E-state index in [9.17, 15) is 14.0 Å². The molecule has 0 saturated carbocycles. The summed E-state index contributed by atoms with van der Waals surface area (Å²) in [6, 6.07) is 13.8. The lowest BCUT2D eigenvalue weighted by Gasteiger charge is -2.35. The van der Waals surface area contributed by atoms with Crippen LogP contribution in [0.15, 0.2) is 48.5 Å². The number of benzene rings is 2. The fraction of sp³-hybridized carbons (Fsp3) is 0.391. The summed E-state index contributed by atoms with van der Waals surface area (Å²) in [4.78, 5) is 27.0. The molecule has 1 aliphatic heterocycles. The SMILES string of the molecule is CC(C)OC(=O)CN1Cc2ccccc2CC1C(=O)NCCc1ccc(F)cc1. The summed E-state index contributed by atoms with van der Waals surface area (Å²) < 4.78 is 18.3. The first-order chi connectivity index (χ1) is 13.9. The number of rotatable bonds is 7. The van der Waals surface area contributed by atoms with Gasteiger partial charge in [-0.3, -0.25) is 14.5 Å². The topological polar surface area (TPSA) is 58.6 Å². The summed E-state index contributed by atoms with van der Waals surface area (Å²) in [6.07, 6.45) is 0.973. The highest BCUT2D eigenvalue weighted by Crippen LogP contribution is 2.23. The van der Waals surface area contributed by atoms with Crippen LogP contribution in [0.3, 0.4) is 0 Å². The molecule has 1 heterocycles. The van der Waals surface area contributed by atoms with Crippen LogP contribution >= 0.6 is 0 Å². The van der Waals surface area contributed by atoms with Gasteiger partial charge in [0.05, 0.1) is 18.7 Å². The van der Waals surface area contributed by atoms with E-state index in [1.54, 1.807) is 12.1 Å². The molecule has 0 aromatic heterocycles. The Morgan fingerprint density at radius 2 is 1.83 bits per heavy atom. The molecule has 0 aliphatic carbocycles. The largest absolute Gasteiger partial charge is 0.462 e. The van der Waals surface area contributed by atoms with Crippen molar-refractivity contribution in [2.24, 2.45) is 0 Å². The van der Waals surface area contributed by atoms with Gasteiger partial charge in [-0.05, 0) is 55.5 Å². The molecule has 0 radical (unpaired) electrons. The van der Waals surface area contributed by atoms with E-state index in [1.807, 2.05) is 43.0 Å². The van der Waals surface area contributed by atoms with Crippen molar-refractivity contribution in [1.82, 2.24) is 10.2 Å². The molecule has 0 spiro atoms. The van der Waals surface area contributed by atoms with E-state index >= 15 is 0 Å². The Kier molecular flexibility index (Phi) is 6.99. The molecule has 1 unspecified atom stereocenters. The minimum absolute atomic E-state index is 0.0720. The first-order valence-electron chi connectivity index (χ1n) is 9.95. The van der Waals surface area contributed by atoms with Gasteiger partial charge in [0.2, 0.25) is 5.91 Å². The van der Waals surface area contributed by atoms with Gasteiger partial charge in [0.25, 0.3) is 0 Å². The average molecular weight is 398 g/mol. The predicted octanol–water partition coefficient (Wildman–Crippen LogP) is 2.86. The maximum atomic E-state index is 13.0. The van der Waals surface area contributed by atoms with Gasteiger partial charge in [0.1, 0.15) is 5.82 Å². The molecule has 1 amide bonds. The standard InChI is InChI=1S/C23H27FN2O3/c1-16(2)29-22(27)15-26-14-19-6-4-3-5-18(19)13-21(26)23(28)25-12-11-17-7-9-20(24)10-8-17/h3-10,16,21H,11-15H2,1-2H3,(H,25,28). The van der Waals surface area contributed by atoms with Crippen molar-refractivity contribution in [2.75, 3.05) is 13.1 Å². The van der Waals surface area contributed by atoms with Crippen molar-refractivity contribution in [3.8, 4) is 0 Å². The van der Waals surface area contributed by atoms with Gasteiger partial charge >= 0.3 is 5.97 Å². The fourth-order valence-electron chi connectivity index (χ4n) is 3.57. The Morgan fingerprint density at radius 3 is 2.52 bits per heavy atom. The van der Waals surface area contributed by atoms with E-state index in [2.05, 4.69) is 5.32 Å². The molecular formula is C23H27FN2O3. The number of carbonyl (C=O) groups excluding carboxylic acids is 2. The minimum atomic E-state index is -0.433. The van der Waals surface area contributed by atoms with E-state index in [0.717, 1.165) is 16.7 Å². The van der Waals surface area contributed by atoms with Crippen LogP contribution in [0.4, 0.5) is 4.39 Å². The van der Waals surface area contributed by atoms with Crippen molar-refractivity contribution >= 4 is 11.9 Å². The Balaban J connectivity index is 1.64. The third-order valence-electron chi connectivity index (χ3n) is 4.97. The second kappa shape index (κ2) is 9.65. The lowest BCUT2D eigenvalue weighted by Crippen LogP contribution is -2.52. The molecule has 29 heavy (non-hydrogen) atoms. The second-order valence-electron chi connectivity index (χ2n) is 7.60. The van der Waals surface area contributed by atoms with Crippen molar-refractivity contribution in [2.45, 2.75) is 45.4 Å². The first-order valence-corrected chi connectivity index (χ1v) is 9.95. The number of nitrogens with zero attached hydrogens (tertiary/aromatic N) is 1. The maximum Gasteiger partial charge on any atom is 0.320 e. The van der Waals surface area contributed by atoms with Crippen LogP contribution in [-0.4, -0.2) is 42.0 Å². The zero-order valence-corrected chi connectivity index (χ0v) is 16.9. The fourth-order valence-corrected chi connectivity index (χ4v) is 3.57. The lowest BCUT2D eigenvalue weighted by atomic mass is 9.93. The Hall–Kier alpha value is -2.73. The quantitative estimate of drug-likeness (QED) is 0.729. The van der Waals surface area contributed by atoms with Crippen LogP contribution in [0.25, 0.3) is 0 Å². The number of hydrogen-bond donors (Lipinski definition) is 1. The van der Waals surface area contributed by atoms with Crippen molar-refractivity contribution in [3.05, 3.63) is 71.0 Å². The molecule has 154 valence electrons. The lowest BCUT2D eigenvalue weighted by molar-refractivity contribution is -0.150. The second-order valence-corrected chi connectivity index (χ2v) is 7.60. The average Bonchev–Trinajstić information content (AvgIpc) is 2.68. The van der Waals surface area contributed by atoms with E-state index in [-0.39, 0.29) is 30.3 Å². The molecule has 0 bridgehead atoms. The zero-order chi connectivity index (χ0) is 20.8. The van der Waals surface area contributed by atoms with Crippen LogP contribution in [0.2, 0.25) is 0 Å². The van der Waals surface area contributed by atoms with Gasteiger partial charge in [-0.15, -0.1) is 0 Å². The van der Waals surface area contributed by atoms with Gasteiger partial charge in [-0.25, -0.2) is 4.39 Å². The van der Waals surface area contributed by atoms with Crippen molar-refractivity contribution in [3.63, 3.8) is 0 Å². The summed E-state index contributed by atoms with van der Waals surface area (Å²) in [6.45, 7) is 4.67. The highest BCUT2D eigenvalue weighted by Gasteiger charge is 2.32. The molecule has 0 fully saturated rings. The van der Waals surface area contributed by atoms with Gasteiger partial charge in [0.15, 0.2) is 0 Å². The molecule has 5 nitrogen and oxygen atoms in total. The first kappa shape index (κ1) is 21.0. The van der Waals surface area contributed by atoms with E-state index in [4.69, 9.17) is 4.74 Å². The monoisotopic (exact) mass is 398 g/mol.